The van der Waals surface area contributed by atoms with Crippen molar-refractivity contribution in [3.8, 4) is 0 Å². The van der Waals surface area contributed by atoms with E-state index in [1.807, 2.05) is 39.0 Å². The molecule has 0 unspecified atom stereocenters. The number of rotatable bonds is 2. The van der Waals surface area contributed by atoms with Crippen LogP contribution in [0.25, 0.3) is 0 Å². The van der Waals surface area contributed by atoms with Gasteiger partial charge in [0.05, 0.1) is 0 Å². The molecular weight excluding hydrogens is 182 g/mol. The van der Waals surface area contributed by atoms with Gasteiger partial charge >= 0.3 is 0 Å². The third kappa shape index (κ3) is 3.35. The zero-order chi connectivity index (χ0) is 11.8. The van der Waals surface area contributed by atoms with Gasteiger partial charge in [0.1, 0.15) is 0 Å². The minimum absolute atomic E-state index is 0.918. The van der Waals surface area contributed by atoms with Crippen molar-refractivity contribution in [1.82, 2.24) is 0 Å². The van der Waals surface area contributed by atoms with Crippen molar-refractivity contribution in [1.29, 1.82) is 0 Å². The van der Waals surface area contributed by atoms with E-state index in [9.17, 15) is 0 Å². The molecular formula is C14H22N+. The van der Waals surface area contributed by atoms with Crippen LogP contribution in [0.4, 0.5) is 0 Å². The Morgan fingerprint density at radius 2 is 1.93 bits per heavy atom. The summed E-state index contributed by atoms with van der Waals surface area (Å²) in [6.07, 6.45) is 7.94. The minimum Gasteiger partial charge on any atom is -0.198 e. The smallest absolute Gasteiger partial charge is 0.185 e. The first-order valence-corrected chi connectivity index (χ1v) is 5.45. The van der Waals surface area contributed by atoms with Gasteiger partial charge in [-0.15, -0.1) is 0 Å². The van der Waals surface area contributed by atoms with Crippen molar-refractivity contribution < 1.29 is 4.58 Å². The lowest BCUT2D eigenvalue weighted by molar-refractivity contribution is -0.441. The normalized spacial score (nSPS) is 18.4. The van der Waals surface area contributed by atoms with Gasteiger partial charge < -0.3 is 0 Å². The standard InChI is InChI=1S/C12H16N.C2H6/c1-5-7-12-9-13(8-6-2)11(4)10(12)3;1-2/h5-8H,1,3,9H2,2,4H3;1-2H3/q+1;/b8-6-,12-7-;. The average Bonchev–Trinajstić information content (AvgIpc) is 2.51. The van der Waals surface area contributed by atoms with Gasteiger partial charge in [-0.25, -0.2) is 0 Å². The Balaban J connectivity index is 0.000000921. The maximum absolute atomic E-state index is 4.04. The van der Waals surface area contributed by atoms with E-state index in [2.05, 4.69) is 30.9 Å². The Morgan fingerprint density at radius 1 is 1.33 bits per heavy atom. The molecule has 0 aromatic rings. The van der Waals surface area contributed by atoms with Crippen LogP contribution in [0.15, 0.2) is 48.7 Å². The van der Waals surface area contributed by atoms with Gasteiger partial charge in [-0.1, -0.05) is 39.2 Å². The number of hydrogen-bond donors (Lipinski definition) is 0. The predicted molar refractivity (Wildman–Crippen MR) is 69.4 cm³/mol. The lowest BCUT2D eigenvalue weighted by Gasteiger charge is -1.88. The van der Waals surface area contributed by atoms with E-state index in [-0.39, 0.29) is 0 Å². The Bertz CT molecular complexity index is 327. The summed E-state index contributed by atoms with van der Waals surface area (Å²) < 4.78 is 2.19. The van der Waals surface area contributed by atoms with E-state index in [0.29, 0.717) is 0 Å². The molecule has 1 aliphatic heterocycles. The maximum Gasteiger partial charge on any atom is 0.185 e. The van der Waals surface area contributed by atoms with E-state index in [0.717, 1.165) is 12.1 Å². The predicted octanol–water partition coefficient (Wildman–Crippen LogP) is 3.70. The summed E-state index contributed by atoms with van der Waals surface area (Å²) in [5.41, 5.74) is 3.61. The van der Waals surface area contributed by atoms with Crippen molar-refractivity contribution in [3.63, 3.8) is 0 Å². The molecule has 82 valence electrons. The molecule has 0 radical (unpaired) electrons. The average molecular weight is 204 g/mol. The minimum atomic E-state index is 0.918. The van der Waals surface area contributed by atoms with E-state index in [4.69, 9.17) is 0 Å². The molecule has 1 heterocycles. The Kier molecular flexibility index (Phi) is 6.35. The van der Waals surface area contributed by atoms with Crippen LogP contribution in [0.2, 0.25) is 0 Å². The zero-order valence-electron chi connectivity index (χ0n) is 10.4. The van der Waals surface area contributed by atoms with Gasteiger partial charge in [-0.2, -0.15) is 4.58 Å². The van der Waals surface area contributed by atoms with Crippen molar-refractivity contribution in [2.45, 2.75) is 27.7 Å². The first kappa shape index (κ1) is 13.6. The number of hydrogen-bond acceptors (Lipinski definition) is 0. The number of allylic oxidation sites excluding steroid dienone is 3. The van der Waals surface area contributed by atoms with Crippen molar-refractivity contribution in [2.75, 3.05) is 6.54 Å². The van der Waals surface area contributed by atoms with Gasteiger partial charge in [0.15, 0.2) is 18.5 Å². The second-order valence-electron chi connectivity index (χ2n) is 3.10. The first-order chi connectivity index (χ1) is 7.20. The summed E-state index contributed by atoms with van der Waals surface area (Å²) in [6, 6.07) is 0. The molecule has 0 aromatic carbocycles. The summed E-state index contributed by atoms with van der Waals surface area (Å²) in [6.45, 7) is 16.8. The second-order valence-corrected chi connectivity index (χ2v) is 3.10. The first-order valence-electron chi connectivity index (χ1n) is 5.45. The van der Waals surface area contributed by atoms with Gasteiger partial charge in [0.2, 0.25) is 0 Å². The molecule has 0 N–H and O–H groups in total. The third-order valence-corrected chi connectivity index (χ3v) is 2.24. The van der Waals surface area contributed by atoms with Crippen molar-refractivity contribution in [2.24, 2.45) is 0 Å². The Labute approximate surface area is 93.8 Å². The highest BCUT2D eigenvalue weighted by molar-refractivity contribution is 5.99. The molecule has 15 heavy (non-hydrogen) atoms. The summed E-state index contributed by atoms with van der Waals surface area (Å²) in [5.74, 6) is 0. The van der Waals surface area contributed by atoms with Crippen LogP contribution in [-0.4, -0.2) is 16.8 Å². The van der Waals surface area contributed by atoms with Crippen LogP contribution >= 0.6 is 0 Å². The van der Waals surface area contributed by atoms with Crippen LogP contribution in [0.5, 0.6) is 0 Å². The lowest BCUT2D eigenvalue weighted by atomic mass is 10.1. The van der Waals surface area contributed by atoms with Gasteiger partial charge in [-0.3, -0.25) is 0 Å². The summed E-state index contributed by atoms with van der Waals surface area (Å²) in [7, 11) is 0. The fourth-order valence-electron chi connectivity index (χ4n) is 1.44. The molecule has 1 nitrogen and oxygen atoms in total. The molecule has 0 aliphatic carbocycles. The quantitative estimate of drug-likeness (QED) is 0.603. The lowest BCUT2D eigenvalue weighted by Crippen LogP contribution is -2.04. The SMILES string of the molecule is C=C/C=C1/C[N+](/C=C\C)=C(C)C1=C.CC. The molecule has 0 spiro atoms. The zero-order valence-corrected chi connectivity index (χ0v) is 10.4. The number of nitrogens with zero attached hydrogens (tertiary/aromatic N) is 1. The molecule has 0 bridgehead atoms. The van der Waals surface area contributed by atoms with E-state index < -0.39 is 0 Å². The van der Waals surface area contributed by atoms with Crippen LogP contribution in [0.1, 0.15) is 27.7 Å². The molecule has 0 aromatic heterocycles. The Hall–Kier alpha value is -1.37. The maximum atomic E-state index is 4.04. The highest BCUT2D eigenvalue weighted by atomic mass is 15.0. The molecule has 1 heteroatoms. The van der Waals surface area contributed by atoms with Gasteiger partial charge in [-0.05, 0) is 13.0 Å². The summed E-state index contributed by atoms with van der Waals surface area (Å²) >= 11 is 0. The molecule has 0 fully saturated rings. The fraction of sp³-hybridized carbons (Fsp3) is 0.357. The molecule has 0 amide bonds. The monoisotopic (exact) mass is 204 g/mol. The van der Waals surface area contributed by atoms with Crippen LogP contribution in [0.3, 0.4) is 0 Å². The molecule has 0 saturated carbocycles. The summed E-state index contributed by atoms with van der Waals surface area (Å²) in [4.78, 5) is 0. The molecule has 0 atom stereocenters. The van der Waals surface area contributed by atoms with Crippen LogP contribution < -0.4 is 0 Å². The third-order valence-electron chi connectivity index (χ3n) is 2.24. The molecule has 1 aliphatic rings. The summed E-state index contributed by atoms with van der Waals surface area (Å²) in [5, 5.41) is 0. The highest BCUT2D eigenvalue weighted by Crippen LogP contribution is 2.17. The Morgan fingerprint density at radius 3 is 2.40 bits per heavy atom. The molecule has 0 saturated heterocycles. The van der Waals surface area contributed by atoms with E-state index in [1.165, 1.54) is 11.3 Å². The van der Waals surface area contributed by atoms with Gasteiger partial charge in [0, 0.05) is 18.1 Å². The second kappa shape index (κ2) is 6.99. The van der Waals surface area contributed by atoms with Crippen molar-refractivity contribution >= 4 is 5.71 Å². The van der Waals surface area contributed by atoms with Crippen LogP contribution in [0, 0.1) is 0 Å². The fourth-order valence-corrected chi connectivity index (χ4v) is 1.44. The highest BCUT2D eigenvalue weighted by Gasteiger charge is 2.24. The topological polar surface area (TPSA) is 3.01 Å². The molecule has 1 rings (SSSR count). The largest absolute Gasteiger partial charge is 0.198 e. The van der Waals surface area contributed by atoms with Crippen molar-refractivity contribution in [3.05, 3.63) is 48.7 Å². The van der Waals surface area contributed by atoms with E-state index >= 15 is 0 Å². The van der Waals surface area contributed by atoms with E-state index in [1.54, 1.807) is 0 Å². The van der Waals surface area contributed by atoms with Crippen LogP contribution in [-0.2, 0) is 0 Å². The van der Waals surface area contributed by atoms with Gasteiger partial charge in [0.25, 0.3) is 0 Å².